The van der Waals surface area contributed by atoms with Crippen LogP contribution in [0.2, 0.25) is 0 Å². The van der Waals surface area contributed by atoms with Crippen LogP contribution >= 0.6 is 0 Å². The van der Waals surface area contributed by atoms with E-state index in [9.17, 15) is 31.2 Å². The fraction of sp³-hybridized carbons (Fsp3) is 0.375. The molecule has 43 heavy (non-hydrogen) atoms. The van der Waals surface area contributed by atoms with E-state index >= 15 is 0 Å². The highest BCUT2D eigenvalue weighted by atomic mass is 32.2. The third-order valence-electron chi connectivity index (χ3n) is 6.84. The van der Waals surface area contributed by atoms with Gasteiger partial charge in [-0.1, -0.05) is 55.0 Å². The van der Waals surface area contributed by atoms with Gasteiger partial charge in [0.25, 0.3) is 10.0 Å². The van der Waals surface area contributed by atoms with E-state index in [2.05, 4.69) is 5.32 Å². The van der Waals surface area contributed by atoms with Gasteiger partial charge in [-0.3, -0.25) is 13.9 Å². The Morgan fingerprint density at radius 2 is 1.53 bits per heavy atom. The van der Waals surface area contributed by atoms with Gasteiger partial charge in [0.15, 0.2) is 0 Å². The minimum Gasteiger partial charge on any atom is -0.350 e. The van der Waals surface area contributed by atoms with Gasteiger partial charge in [0.05, 0.1) is 16.1 Å². The molecule has 0 saturated carbocycles. The Morgan fingerprint density at radius 1 is 0.907 bits per heavy atom. The van der Waals surface area contributed by atoms with Crippen molar-refractivity contribution in [3.05, 3.63) is 95.1 Å². The zero-order valence-corrected chi connectivity index (χ0v) is 26.0. The van der Waals surface area contributed by atoms with Crippen molar-refractivity contribution in [1.82, 2.24) is 10.2 Å². The molecule has 0 fully saturated rings. The number of amides is 2. The Hall–Kier alpha value is -3.86. The second-order valence-corrected chi connectivity index (χ2v) is 13.3. The molecule has 3 aromatic rings. The Balaban J connectivity index is 2.15. The Morgan fingerprint density at radius 3 is 2.09 bits per heavy atom. The predicted molar refractivity (Wildman–Crippen MR) is 161 cm³/mol. The highest BCUT2D eigenvalue weighted by molar-refractivity contribution is 7.92. The summed E-state index contributed by atoms with van der Waals surface area (Å²) >= 11 is 0. The number of benzene rings is 3. The van der Waals surface area contributed by atoms with Crippen LogP contribution in [0.15, 0.2) is 77.7 Å². The lowest BCUT2D eigenvalue weighted by molar-refractivity contribution is -0.141. The highest BCUT2D eigenvalue weighted by Gasteiger charge is 2.36. The number of nitrogens with zero attached hydrogens (tertiary/aromatic N) is 2. The van der Waals surface area contributed by atoms with Crippen LogP contribution in [-0.4, -0.2) is 43.3 Å². The molecule has 1 unspecified atom stereocenters. The second-order valence-electron chi connectivity index (χ2n) is 11.5. The molecule has 3 aromatic carbocycles. The lowest BCUT2D eigenvalue weighted by Crippen LogP contribution is -2.55. The van der Waals surface area contributed by atoms with Crippen molar-refractivity contribution in [2.75, 3.05) is 10.8 Å². The van der Waals surface area contributed by atoms with Crippen LogP contribution in [0.5, 0.6) is 0 Å². The van der Waals surface area contributed by atoms with Crippen LogP contribution in [-0.2, 0) is 32.3 Å². The quantitative estimate of drug-likeness (QED) is 0.292. The molecule has 0 aliphatic carbocycles. The van der Waals surface area contributed by atoms with Crippen molar-refractivity contribution < 1.29 is 31.2 Å². The molecule has 11 heteroatoms. The summed E-state index contributed by atoms with van der Waals surface area (Å²) in [6.07, 6.45) is -4.53. The summed E-state index contributed by atoms with van der Waals surface area (Å²) in [6.45, 7) is 9.91. The third kappa shape index (κ3) is 8.59. The van der Waals surface area contributed by atoms with Crippen LogP contribution in [0.25, 0.3) is 0 Å². The number of sulfonamides is 1. The lowest BCUT2D eigenvalue weighted by atomic mass is 10.0. The van der Waals surface area contributed by atoms with Gasteiger partial charge in [0.2, 0.25) is 11.8 Å². The molecule has 0 heterocycles. The zero-order valence-electron chi connectivity index (χ0n) is 25.2. The van der Waals surface area contributed by atoms with E-state index in [0.29, 0.717) is 10.4 Å². The number of carbonyl (C=O) groups excluding carboxylic acids is 2. The fourth-order valence-corrected chi connectivity index (χ4v) is 5.95. The first-order valence-electron chi connectivity index (χ1n) is 13.9. The smallest absolute Gasteiger partial charge is 0.350 e. The number of aryl methyl sites for hydroxylation is 2. The van der Waals surface area contributed by atoms with Crippen molar-refractivity contribution in [2.24, 2.45) is 0 Å². The van der Waals surface area contributed by atoms with Crippen LogP contribution in [0.1, 0.15) is 56.4 Å². The van der Waals surface area contributed by atoms with Gasteiger partial charge >= 0.3 is 6.18 Å². The van der Waals surface area contributed by atoms with Crippen LogP contribution < -0.4 is 9.62 Å². The van der Waals surface area contributed by atoms with Crippen molar-refractivity contribution in [1.29, 1.82) is 0 Å². The fourth-order valence-electron chi connectivity index (χ4n) is 4.55. The van der Waals surface area contributed by atoms with E-state index in [1.54, 1.807) is 58.9 Å². The molecule has 0 aromatic heterocycles. The molecule has 0 radical (unpaired) electrons. The van der Waals surface area contributed by atoms with Crippen LogP contribution in [0, 0.1) is 13.8 Å². The minimum absolute atomic E-state index is 0.0113. The average Bonchev–Trinajstić information content (AvgIpc) is 2.91. The van der Waals surface area contributed by atoms with Crippen molar-refractivity contribution >= 4 is 27.5 Å². The highest BCUT2D eigenvalue weighted by Crippen LogP contribution is 2.33. The predicted octanol–water partition coefficient (Wildman–Crippen LogP) is 6.24. The van der Waals surface area contributed by atoms with E-state index in [4.69, 9.17) is 0 Å². The lowest BCUT2D eigenvalue weighted by Gasteiger charge is -2.35. The maximum atomic E-state index is 14.1. The van der Waals surface area contributed by atoms with Gasteiger partial charge in [0.1, 0.15) is 12.6 Å². The van der Waals surface area contributed by atoms with Crippen molar-refractivity contribution in [2.45, 2.75) is 77.2 Å². The standard InChI is InChI=1S/C32H38F3N3O4S/c1-7-28(30(40)36-31(4,5)6)37(20-24-12-9-8-11-23(24)3)29(39)21-38(26-14-10-13-25(19-26)32(33,34)35)43(41,42)27-17-15-22(2)16-18-27/h8-19,28H,7,20-21H2,1-6H3,(H,36,40). The van der Waals surface area contributed by atoms with E-state index in [1.807, 2.05) is 19.1 Å². The van der Waals surface area contributed by atoms with E-state index in [0.717, 1.165) is 28.8 Å². The first-order chi connectivity index (χ1) is 19.9. The topological polar surface area (TPSA) is 86.8 Å². The number of halogens is 3. The van der Waals surface area contributed by atoms with E-state index < -0.39 is 51.7 Å². The number of anilines is 1. The maximum absolute atomic E-state index is 14.1. The number of hydrogen-bond acceptors (Lipinski definition) is 4. The number of carbonyl (C=O) groups is 2. The molecule has 0 aliphatic rings. The summed E-state index contributed by atoms with van der Waals surface area (Å²) in [5.74, 6) is -1.17. The van der Waals surface area contributed by atoms with Crippen LogP contribution in [0.4, 0.5) is 18.9 Å². The van der Waals surface area contributed by atoms with Gasteiger partial charge in [-0.2, -0.15) is 13.2 Å². The van der Waals surface area contributed by atoms with E-state index in [-0.39, 0.29) is 23.5 Å². The Labute approximate surface area is 251 Å². The summed E-state index contributed by atoms with van der Waals surface area (Å²) in [5.41, 5.74) is 0.376. The molecule has 0 aliphatic heterocycles. The third-order valence-corrected chi connectivity index (χ3v) is 8.62. The Kier molecular flexibility index (Phi) is 10.3. The van der Waals surface area contributed by atoms with Crippen molar-refractivity contribution in [3.63, 3.8) is 0 Å². The molecule has 0 spiro atoms. The summed E-state index contributed by atoms with van der Waals surface area (Å²) in [7, 11) is -4.51. The monoisotopic (exact) mass is 617 g/mol. The molecule has 0 bridgehead atoms. The summed E-state index contributed by atoms with van der Waals surface area (Å²) in [6, 6.07) is 15.9. The van der Waals surface area contributed by atoms with Gasteiger partial charge in [-0.25, -0.2) is 8.42 Å². The van der Waals surface area contributed by atoms with E-state index in [1.165, 1.54) is 23.1 Å². The minimum atomic E-state index is -4.74. The van der Waals surface area contributed by atoms with Gasteiger partial charge in [-0.15, -0.1) is 0 Å². The SMILES string of the molecule is CCC(C(=O)NC(C)(C)C)N(Cc1ccccc1C)C(=O)CN(c1cccc(C(F)(F)F)c1)S(=O)(=O)c1ccc(C)cc1. The molecule has 1 atom stereocenters. The van der Waals surface area contributed by atoms with Gasteiger partial charge < -0.3 is 10.2 Å². The normalized spacial score (nSPS) is 12.9. The van der Waals surface area contributed by atoms with Crippen molar-refractivity contribution in [3.8, 4) is 0 Å². The molecular formula is C32H38F3N3O4S. The first kappa shape index (κ1) is 33.6. The number of nitrogens with one attached hydrogen (secondary N) is 1. The molecule has 3 rings (SSSR count). The molecule has 0 saturated heterocycles. The molecule has 232 valence electrons. The van der Waals surface area contributed by atoms with Gasteiger partial charge in [-0.05, 0) is 82.5 Å². The molecular weight excluding hydrogens is 579 g/mol. The summed E-state index contributed by atoms with van der Waals surface area (Å²) in [4.78, 5) is 28.7. The second kappa shape index (κ2) is 13.2. The molecule has 2 amide bonds. The maximum Gasteiger partial charge on any atom is 0.416 e. The average molecular weight is 618 g/mol. The number of alkyl halides is 3. The largest absolute Gasteiger partial charge is 0.416 e. The zero-order chi connectivity index (χ0) is 32.2. The number of hydrogen-bond donors (Lipinski definition) is 1. The Bertz CT molecular complexity index is 1550. The summed E-state index contributed by atoms with van der Waals surface area (Å²) in [5, 5.41) is 2.89. The molecule has 1 N–H and O–H groups in total. The van der Waals surface area contributed by atoms with Gasteiger partial charge in [0, 0.05) is 12.1 Å². The summed E-state index contributed by atoms with van der Waals surface area (Å²) < 4.78 is 69.5. The first-order valence-corrected chi connectivity index (χ1v) is 15.3. The molecule has 7 nitrogen and oxygen atoms in total. The van der Waals surface area contributed by atoms with Crippen LogP contribution in [0.3, 0.4) is 0 Å². The number of rotatable bonds is 10.